The van der Waals surface area contributed by atoms with Gasteiger partial charge in [-0.2, -0.15) is 0 Å². The van der Waals surface area contributed by atoms with Gasteiger partial charge in [-0.25, -0.2) is 14.8 Å². The lowest BCUT2D eigenvalue weighted by atomic mass is 10.1. The molecule has 0 fully saturated rings. The zero-order valence-corrected chi connectivity index (χ0v) is 19.7. The summed E-state index contributed by atoms with van der Waals surface area (Å²) in [4.78, 5) is 28.6. The molecule has 0 aromatic carbocycles. The van der Waals surface area contributed by atoms with E-state index in [1.54, 1.807) is 24.4 Å². The Kier molecular flexibility index (Phi) is 6.96. The van der Waals surface area contributed by atoms with Crippen molar-refractivity contribution in [2.24, 2.45) is 0 Å². The third-order valence-corrected chi connectivity index (χ3v) is 6.11. The minimum atomic E-state index is -0.227. The molecule has 0 spiro atoms. The molecule has 176 valence electrons. The van der Waals surface area contributed by atoms with E-state index in [1.165, 1.54) is 0 Å². The van der Waals surface area contributed by atoms with Crippen LogP contribution >= 0.6 is 0 Å². The molecule has 1 aliphatic rings. The molecule has 3 aromatic heterocycles. The fourth-order valence-corrected chi connectivity index (χ4v) is 4.20. The van der Waals surface area contributed by atoms with Crippen molar-refractivity contribution in [2.45, 2.75) is 58.5 Å². The van der Waals surface area contributed by atoms with Crippen LogP contribution in [0.15, 0.2) is 30.9 Å². The van der Waals surface area contributed by atoms with Gasteiger partial charge in [-0.1, -0.05) is 6.42 Å². The number of imidazole rings is 1. The number of pyridine rings is 1. The van der Waals surface area contributed by atoms with Crippen molar-refractivity contribution in [3.63, 3.8) is 0 Å². The number of carbonyl (C=O) groups is 1. The van der Waals surface area contributed by atoms with Gasteiger partial charge in [0.2, 0.25) is 5.65 Å². The largest absolute Gasteiger partial charge is 0.494 e. The van der Waals surface area contributed by atoms with Gasteiger partial charge in [0.25, 0.3) is 5.88 Å². The number of urea groups is 1. The van der Waals surface area contributed by atoms with Crippen LogP contribution in [0.1, 0.15) is 58.2 Å². The highest BCUT2D eigenvalue weighted by atomic mass is 16.5. The molecule has 2 amide bonds. The van der Waals surface area contributed by atoms with Gasteiger partial charge in [0.1, 0.15) is 5.75 Å². The van der Waals surface area contributed by atoms with Crippen molar-refractivity contribution in [1.29, 1.82) is 0 Å². The Bertz CT molecular complexity index is 1110. The maximum Gasteiger partial charge on any atom is 0.318 e. The van der Waals surface area contributed by atoms with Crippen LogP contribution in [0.25, 0.3) is 16.9 Å². The number of rotatable bonds is 2. The molecule has 0 radical (unpaired) electrons. The van der Waals surface area contributed by atoms with Crippen molar-refractivity contribution in [3.8, 4) is 22.9 Å². The number of fused-ring (bicyclic) bond motifs is 7. The lowest BCUT2D eigenvalue weighted by Gasteiger charge is -2.29. The molecule has 4 bridgehead atoms. The van der Waals surface area contributed by atoms with E-state index in [4.69, 9.17) is 14.5 Å². The number of nitrogens with one attached hydrogen (secondary N) is 1. The van der Waals surface area contributed by atoms with Crippen LogP contribution in [0, 0.1) is 0 Å². The molecule has 33 heavy (non-hydrogen) atoms. The highest BCUT2D eigenvalue weighted by molar-refractivity contribution is 5.75. The average molecular weight is 453 g/mol. The number of aromatic nitrogens is 4. The summed E-state index contributed by atoms with van der Waals surface area (Å²) in [6.45, 7) is 7.14. The maximum atomic E-state index is 13.0. The lowest BCUT2D eigenvalue weighted by Crippen LogP contribution is -2.45. The molecular weight excluding hydrogens is 420 g/mol. The van der Waals surface area contributed by atoms with Gasteiger partial charge >= 0.3 is 6.03 Å². The quantitative estimate of drug-likeness (QED) is 0.625. The summed E-state index contributed by atoms with van der Waals surface area (Å²) in [7, 11) is 1.61. The highest BCUT2D eigenvalue weighted by Crippen LogP contribution is 2.33. The first-order valence-corrected chi connectivity index (χ1v) is 11.6. The van der Waals surface area contributed by atoms with Crippen molar-refractivity contribution >= 4 is 11.7 Å². The molecule has 0 unspecified atom stereocenters. The van der Waals surface area contributed by atoms with Crippen LogP contribution in [0.3, 0.4) is 0 Å². The Balaban J connectivity index is 1.81. The van der Waals surface area contributed by atoms with E-state index < -0.39 is 0 Å². The van der Waals surface area contributed by atoms with E-state index in [0.717, 1.165) is 36.9 Å². The van der Waals surface area contributed by atoms with Crippen LogP contribution < -0.4 is 14.8 Å². The number of nitrogens with zero attached hydrogens (tertiary/aromatic N) is 5. The molecule has 9 nitrogen and oxygen atoms in total. The monoisotopic (exact) mass is 452 g/mol. The molecule has 2 atom stereocenters. The zero-order valence-electron chi connectivity index (χ0n) is 19.7. The fourth-order valence-electron chi connectivity index (χ4n) is 4.20. The Morgan fingerprint density at radius 1 is 1.24 bits per heavy atom. The fraction of sp³-hybridized carbons (Fsp3) is 0.500. The predicted octanol–water partition coefficient (Wildman–Crippen LogP) is 4.23. The number of carbonyl (C=O) groups excluding carboxylic acids is 1. The Morgan fingerprint density at radius 3 is 2.88 bits per heavy atom. The predicted molar refractivity (Wildman–Crippen MR) is 126 cm³/mol. The summed E-state index contributed by atoms with van der Waals surface area (Å²) in [5.74, 6) is 1.10. The van der Waals surface area contributed by atoms with Crippen LogP contribution in [0.5, 0.6) is 11.6 Å². The maximum absolute atomic E-state index is 13.0. The van der Waals surface area contributed by atoms with E-state index in [2.05, 4.69) is 22.2 Å². The third kappa shape index (κ3) is 4.86. The van der Waals surface area contributed by atoms with Crippen LogP contribution in [0.2, 0.25) is 0 Å². The first kappa shape index (κ1) is 22.8. The summed E-state index contributed by atoms with van der Waals surface area (Å²) in [5, 5.41) is 3.14. The first-order valence-electron chi connectivity index (χ1n) is 11.6. The number of methoxy groups -OCH3 is 1. The second kappa shape index (κ2) is 10.1. The molecule has 4 heterocycles. The van der Waals surface area contributed by atoms with Crippen LogP contribution in [-0.4, -0.2) is 56.6 Å². The summed E-state index contributed by atoms with van der Waals surface area (Å²) in [5.41, 5.74) is 2.91. The van der Waals surface area contributed by atoms with E-state index in [0.29, 0.717) is 36.1 Å². The van der Waals surface area contributed by atoms with E-state index in [-0.39, 0.29) is 18.1 Å². The molecule has 1 N–H and O–H groups in total. The average Bonchev–Trinajstić information content (AvgIpc) is 3.29. The van der Waals surface area contributed by atoms with Crippen LogP contribution in [0.4, 0.5) is 4.79 Å². The second-order valence-electron chi connectivity index (χ2n) is 8.41. The summed E-state index contributed by atoms with van der Waals surface area (Å²) < 4.78 is 13.6. The Labute approximate surface area is 194 Å². The molecule has 9 heteroatoms. The Hall–Kier alpha value is -3.36. The lowest BCUT2D eigenvalue weighted by molar-refractivity contribution is 0.177. The second-order valence-corrected chi connectivity index (χ2v) is 8.41. The number of amides is 2. The van der Waals surface area contributed by atoms with Gasteiger partial charge in [0.05, 0.1) is 37.3 Å². The highest BCUT2D eigenvalue weighted by Gasteiger charge is 2.24. The van der Waals surface area contributed by atoms with Crippen molar-refractivity contribution in [2.75, 3.05) is 20.3 Å². The van der Waals surface area contributed by atoms with Gasteiger partial charge in [-0.05, 0) is 46.1 Å². The third-order valence-electron chi connectivity index (χ3n) is 6.11. The van der Waals surface area contributed by atoms with E-state index >= 15 is 0 Å². The standard InChI is InChI=1S/C24H32N6O3/c1-5-30-17(3)19-13-18(21(32-4)14-26-19)20-15-29-11-10-25-22(29)23(28-20)33-12-8-6-7-9-16(2)27-24(30)31/h10-11,13-17H,5-9,12H2,1-4H3,(H,27,31)/t16-,17+/m0/s1. The van der Waals surface area contributed by atoms with Crippen molar-refractivity contribution < 1.29 is 14.3 Å². The number of ether oxygens (including phenoxy) is 2. The molecular formula is C24H32N6O3. The van der Waals surface area contributed by atoms with Gasteiger partial charge in [-0.15, -0.1) is 0 Å². The van der Waals surface area contributed by atoms with E-state index in [9.17, 15) is 4.79 Å². The van der Waals surface area contributed by atoms with Gasteiger partial charge in [0, 0.05) is 36.7 Å². The molecule has 4 rings (SSSR count). The summed E-state index contributed by atoms with van der Waals surface area (Å²) in [6.07, 6.45) is 11.0. The molecule has 1 aliphatic heterocycles. The molecule has 0 saturated carbocycles. The zero-order chi connectivity index (χ0) is 23.4. The number of hydrogen-bond donors (Lipinski definition) is 1. The Morgan fingerprint density at radius 2 is 2.09 bits per heavy atom. The van der Waals surface area contributed by atoms with Crippen molar-refractivity contribution in [1.82, 2.24) is 29.6 Å². The summed E-state index contributed by atoms with van der Waals surface area (Å²) >= 11 is 0. The minimum absolute atomic E-state index is 0.0791. The van der Waals surface area contributed by atoms with Gasteiger partial charge in [0.15, 0.2) is 0 Å². The molecule has 0 aliphatic carbocycles. The number of hydrogen-bond acceptors (Lipinski definition) is 6. The van der Waals surface area contributed by atoms with E-state index in [1.807, 2.05) is 36.7 Å². The van der Waals surface area contributed by atoms with Gasteiger partial charge < -0.3 is 24.1 Å². The molecule has 0 saturated heterocycles. The SMILES string of the molecule is CCN1C(=O)N[C@@H](C)CCCCCOc2nc(cn3ccnc23)-c2cc(ncc2OC)[C@H]1C. The molecule has 3 aromatic rings. The topological polar surface area (TPSA) is 93.9 Å². The minimum Gasteiger partial charge on any atom is -0.494 e. The van der Waals surface area contributed by atoms with Crippen molar-refractivity contribution in [3.05, 3.63) is 36.5 Å². The van der Waals surface area contributed by atoms with Gasteiger partial charge in [-0.3, -0.25) is 4.98 Å². The smallest absolute Gasteiger partial charge is 0.318 e. The normalized spacial score (nSPS) is 20.1. The van der Waals surface area contributed by atoms with Crippen LogP contribution in [-0.2, 0) is 0 Å². The first-order chi connectivity index (χ1) is 16.0. The summed E-state index contributed by atoms with van der Waals surface area (Å²) in [6, 6.07) is 1.73.